The number of carbonyl (C=O) groups excluding carboxylic acids is 2. The highest BCUT2D eigenvalue weighted by Gasteiger charge is 2.67. The van der Waals surface area contributed by atoms with Crippen LogP contribution in [0.3, 0.4) is 0 Å². The van der Waals surface area contributed by atoms with Gasteiger partial charge in [0.25, 0.3) is 0 Å². The van der Waals surface area contributed by atoms with Gasteiger partial charge in [-0.15, -0.1) is 0 Å². The van der Waals surface area contributed by atoms with Gasteiger partial charge in [-0.25, -0.2) is 4.90 Å². The van der Waals surface area contributed by atoms with Gasteiger partial charge in [0.2, 0.25) is 11.8 Å². The highest BCUT2D eigenvalue weighted by atomic mass is 35.5. The summed E-state index contributed by atoms with van der Waals surface area (Å²) in [6.07, 6.45) is -2.22. The number of rotatable bonds is 2. The third kappa shape index (κ3) is 2.11. The summed E-state index contributed by atoms with van der Waals surface area (Å²) >= 11 is 5.96. The zero-order valence-corrected chi connectivity index (χ0v) is 13.2. The van der Waals surface area contributed by atoms with Crippen LogP contribution < -0.4 is 4.90 Å². The van der Waals surface area contributed by atoms with Crippen LogP contribution in [0.2, 0.25) is 5.02 Å². The minimum Gasteiger partial charge on any atom is -0.393 e. The molecule has 3 heterocycles. The van der Waals surface area contributed by atoms with E-state index in [-0.39, 0.29) is 10.7 Å². The van der Waals surface area contributed by atoms with Crippen LogP contribution in [0.4, 0.5) is 18.9 Å². The maximum atomic E-state index is 13.0. The molecule has 2 bridgehead atoms. The number of aliphatic hydroxyl groups excluding tert-OH is 1. The van der Waals surface area contributed by atoms with Crippen molar-refractivity contribution in [3.63, 3.8) is 0 Å². The molecule has 0 saturated carbocycles. The monoisotopic (exact) mass is 373 g/mol. The summed E-state index contributed by atoms with van der Waals surface area (Å²) in [4.78, 5) is 26.2. The third-order valence-corrected chi connectivity index (χ3v) is 5.24. The van der Waals surface area contributed by atoms with Crippen LogP contribution in [0.5, 0.6) is 0 Å². The van der Waals surface area contributed by atoms with Gasteiger partial charge in [0.1, 0.15) is 5.60 Å². The normalized spacial score (nSPS) is 33.5. The van der Waals surface area contributed by atoms with Gasteiger partial charge >= 0.3 is 6.18 Å². The van der Waals surface area contributed by atoms with Crippen LogP contribution in [0.1, 0.15) is 5.56 Å². The van der Waals surface area contributed by atoms with Crippen LogP contribution in [-0.2, 0) is 20.5 Å². The molecule has 2 fully saturated rings. The number of halogens is 4. The molecule has 0 radical (unpaired) electrons. The van der Waals surface area contributed by atoms with E-state index >= 15 is 0 Å². The summed E-state index contributed by atoms with van der Waals surface area (Å²) in [6, 6.07) is 2.46. The van der Waals surface area contributed by atoms with Crippen LogP contribution in [-0.4, -0.2) is 35.2 Å². The number of fused-ring (bicyclic) bond motifs is 5. The molecule has 0 aromatic heterocycles. The highest BCUT2D eigenvalue weighted by Crippen LogP contribution is 2.53. The SMILES string of the molecule is O=C1[C@@H]2[C@@H](C(=O)N1c1cc(C(F)(F)F)ccc1Cl)[C@]1(CO)C=C[C@H]2O1. The van der Waals surface area contributed by atoms with Crippen molar-refractivity contribution in [2.75, 3.05) is 11.5 Å². The van der Waals surface area contributed by atoms with Gasteiger partial charge in [-0.2, -0.15) is 13.2 Å². The molecule has 4 atom stereocenters. The molecule has 0 spiro atoms. The number of benzene rings is 1. The summed E-state index contributed by atoms with van der Waals surface area (Å²) in [7, 11) is 0. The lowest BCUT2D eigenvalue weighted by atomic mass is 9.77. The molecule has 2 saturated heterocycles. The first kappa shape index (κ1) is 16.6. The van der Waals surface area contributed by atoms with Gasteiger partial charge in [0, 0.05) is 0 Å². The first-order chi connectivity index (χ1) is 11.7. The molecular weight excluding hydrogens is 363 g/mol. The number of amides is 2. The smallest absolute Gasteiger partial charge is 0.393 e. The topological polar surface area (TPSA) is 66.8 Å². The van der Waals surface area contributed by atoms with E-state index in [1.54, 1.807) is 6.08 Å². The molecule has 3 aliphatic rings. The van der Waals surface area contributed by atoms with Gasteiger partial charge in [-0.3, -0.25) is 9.59 Å². The average Bonchev–Trinajstić information content (AvgIpc) is 3.19. The van der Waals surface area contributed by atoms with Crippen molar-refractivity contribution >= 4 is 29.1 Å². The number of carbonyl (C=O) groups is 2. The van der Waals surface area contributed by atoms with Crippen molar-refractivity contribution in [3.8, 4) is 0 Å². The minimum absolute atomic E-state index is 0.144. The van der Waals surface area contributed by atoms with Crippen molar-refractivity contribution in [3.05, 3.63) is 40.9 Å². The van der Waals surface area contributed by atoms with Gasteiger partial charge in [0.15, 0.2) is 0 Å². The third-order valence-electron chi connectivity index (χ3n) is 4.92. The van der Waals surface area contributed by atoms with Gasteiger partial charge < -0.3 is 9.84 Å². The first-order valence-corrected chi connectivity index (χ1v) is 7.80. The Bertz CT molecular complexity index is 824. The largest absolute Gasteiger partial charge is 0.416 e. The Morgan fingerprint density at radius 1 is 1.28 bits per heavy atom. The lowest BCUT2D eigenvalue weighted by Gasteiger charge is -2.26. The summed E-state index contributed by atoms with van der Waals surface area (Å²) in [5.41, 5.74) is -2.64. The van der Waals surface area contributed by atoms with E-state index in [1.165, 1.54) is 6.08 Å². The lowest BCUT2D eigenvalue weighted by Crippen LogP contribution is -2.43. The highest BCUT2D eigenvalue weighted by molar-refractivity contribution is 6.36. The van der Waals surface area contributed by atoms with Crippen LogP contribution in [0.15, 0.2) is 30.4 Å². The first-order valence-electron chi connectivity index (χ1n) is 7.42. The second-order valence-corrected chi connectivity index (χ2v) is 6.64. The second kappa shape index (κ2) is 5.06. The minimum atomic E-state index is -4.64. The Morgan fingerprint density at radius 2 is 2.00 bits per heavy atom. The van der Waals surface area contributed by atoms with E-state index in [4.69, 9.17) is 16.3 Å². The molecule has 0 unspecified atom stereocenters. The Morgan fingerprint density at radius 3 is 2.64 bits per heavy atom. The molecule has 1 aromatic rings. The Kier molecular flexibility index (Phi) is 3.35. The maximum Gasteiger partial charge on any atom is 0.416 e. The fourth-order valence-electron chi connectivity index (χ4n) is 3.78. The summed E-state index contributed by atoms with van der Waals surface area (Å²) in [6.45, 7) is -0.510. The van der Waals surface area contributed by atoms with Crippen molar-refractivity contribution in [1.29, 1.82) is 0 Å². The molecule has 2 amide bonds. The zero-order chi connectivity index (χ0) is 18.1. The Labute approximate surface area is 144 Å². The van der Waals surface area contributed by atoms with Crippen molar-refractivity contribution in [2.45, 2.75) is 17.9 Å². The standard InChI is InChI=1S/C16H11ClF3NO4/c17-8-2-1-7(16(18,19)20)5-9(8)21-13(23)11-10-3-4-15(6-22,25-10)12(11)14(21)24/h1-5,10-12,22H,6H2/t10-,11+,12+,15-/m1/s1. The number of aliphatic hydroxyl groups is 1. The van der Waals surface area contributed by atoms with Crippen LogP contribution in [0, 0.1) is 11.8 Å². The molecule has 1 N–H and O–H groups in total. The number of nitrogens with zero attached hydrogens (tertiary/aromatic N) is 1. The van der Waals surface area contributed by atoms with E-state index in [1.807, 2.05) is 0 Å². The molecular formula is C16H11ClF3NO4. The summed E-state index contributed by atoms with van der Waals surface area (Å²) in [5, 5.41) is 9.48. The van der Waals surface area contributed by atoms with E-state index in [2.05, 4.69) is 0 Å². The predicted octanol–water partition coefficient (Wildman–Crippen LogP) is 2.16. The quantitative estimate of drug-likeness (QED) is 0.637. The van der Waals surface area contributed by atoms with Gasteiger partial charge in [0.05, 0.1) is 40.8 Å². The fraction of sp³-hybridized carbons (Fsp3) is 0.375. The molecule has 9 heteroatoms. The summed E-state index contributed by atoms with van der Waals surface area (Å²) < 4.78 is 44.5. The predicted molar refractivity (Wildman–Crippen MR) is 79.8 cm³/mol. The number of hydrogen-bond acceptors (Lipinski definition) is 4. The van der Waals surface area contributed by atoms with E-state index in [0.717, 1.165) is 12.1 Å². The number of imide groups is 1. The van der Waals surface area contributed by atoms with E-state index in [0.29, 0.717) is 11.0 Å². The van der Waals surface area contributed by atoms with E-state index in [9.17, 15) is 27.9 Å². The fourth-order valence-corrected chi connectivity index (χ4v) is 3.98. The average molecular weight is 374 g/mol. The summed E-state index contributed by atoms with van der Waals surface area (Å²) in [5.74, 6) is -3.26. The molecule has 132 valence electrons. The molecule has 1 aromatic carbocycles. The van der Waals surface area contributed by atoms with Crippen LogP contribution >= 0.6 is 11.6 Å². The van der Waals surface area contributed by atoms with Crippen molar-refractivity contribution in [1.82, 2.24) is 0 Å². The molecule has 3 aliphatic heterocycles. The van der Waals surface area contributed by atoms with Gasteiger partial charge in [-0.1, -0.05) is 23.8 Å². The molecule has 5 nitrogen and oxygen atoms in total. The van der Waals surface area contributed by atoms with E-state index < -0.39 is 53.7 Å². The number of ether oxygens (including phenoxy) is 1. The molecule has 0 aliphatic carbocycles. The second-order valence-electron chi connectivity index (χ2n) is 6.23. The molecule has 25 heavy (non-hydrogen) atoms. The Hall–Kier alpha value is -1.90. The zero-order valence-electron chi connectivity index (χ0n) is 12.5. The Balaban J connectivity index is 1.79. The number of alkyl halides is 3. The maximum absolute atomic E-state index is 13.0. The molecule has 4 rings (SSSR count). The van der Waals surface area contributed by atoms with Crippen LogP contribution in [0.25, 0.3) is 0 Å². The number of anilines is 1. The van der Waals surface area contributed by atoms with Crippen molar-refractivity contribution < 1.29 is 32.6 Å². The van der Waals surface area contributed by atoms with Crippen molar-refractivity contribution in [2.24, 2.45) is 11.8 Å². The lowest BCUT2D eigenvalue weighted by molar-refractivity contribution is -0.137. The van der Waals surface area contributed by atoms with Gasteiger partial charge in [-0.05, 0) is 18.2 Å². The number of hydrogen-bond donors (Lipinski definition) is 1.